The lowest BCUT2D eigenvalue weighted by Crippen LogP contribution is -2.27. The van der Waals surface area contributed by atoms with Crippen molar-refractivity contribution < 1.29 is 19.2 Å². The number of thioether (sulfide) groups is 1. The number of nitro benzene ring substituents is 1. The van der Waals surface area contributed by atoms with E-state index in [-0.39, 0.29) is 18.2 Å². The lowest BCUT2D eigenvalue weighted by atomic mass is 10.1. The number of rotatable bonds is 7. The molecule has 156 valence electrons. The average Bonchev–Trinajstić information content (AvgIpc) is 2.98. The van der Waals surface area contributed by atoms with Crippen molar-refractivity contribution in [3.8, 4) is 11.5 Å². The van der Waals surface area contributed by atoms with E-state index in [9.17, 15) is 14.9 Å². The van der Waals surface area contributed by atoms with Crippen LogP contribution in [0.25, 0.3) is 6.08 Å². The Bertz CT molecular complexity index is 1050. The number of methoxy groups -OCH3 is 1. The zero-order chi connectivity index (χ0) is 21.8. The Labute approximate surface area is 183 Å². The van der Waals surface area contributed by atoms with Crippen LogP contribution >= 0.6 is 24.0 Å². The summed E-state index contributed by atoms with van der Waals surface area (Å²) >= 11 is 6.54. The third-order valence-electron chi connectivity index (χ3n) is 4.55. The highest BCUT2D eigenvalue weighted by atomic mass is 32.2. The summed E-state index contributed by atoms with van der Waals surface area (Å²) in [5, 5.41) is 11.0. The van der Waals surface area contributed by atoms with Gasteiger partial charge in [-0.3, -0.25) is 19.8 Å². The molecular formula is C21H20N2O5S2. The first-order chi connectivity index (χ1) is 14.3. The Morgan fingerprint density at radius 1 is 1.27 bits per heavy atom. The lowest BCUT2D eigenvalue weighted by molar-refractivity contribution is -0.385. The van der Waals surface area contributed by atoms with Gasteiger partial charge in [0, 0.05) is 23.7 Å². The number of nitro groups is 1. The summed E-state index contributed by atoms with van der Waals surface area (Å²) in [6, 6.07) is 10.2. The Hall–Kier alpha value is -2.91. The maximum Gasteiger partial charge on any atom is 0.272 e. The summed E-state index contributed by atoms with van der Waals surface area (Å²) in [5.74, 6) is 1.07. The molecule has 0 spiro atoms. The van der Waals surface area contributed by atoms with Crippen molar-refractivity contribution in [3.63, 3.8) is 0 Å². The number of benzene rings is 2. The summed E-state index contributed by atoms with van der Waals surface area (Å²) in [7, 11) is 1.57. The van der Waals surface area contributed by atoms with Crippen LogP contribution in [0.1, 0.15) is 23.6 Å². The fourth-order valence-electron chi connectivity index (χ4n) is 3.01. The quantitative estimate of drug-likeness (QED) is 0.265. The predicted molar refractivity (Wildman–Crippen MR) is 121 cm³/mol. The van der Waals surface area contributed by atoms with Crippen LogP contribution in [0.4, 0.5) is 5.69 Å². The summed E-state index contributed by atoms with van der Waals surface area (Å²) < 4.78 is 11.8. The third-order valence-corrected chi connectivity index (χ3v) is 5.93. The average molecular weight is 445 g/mol. The Kier molecular flexibility index (Phi) is 6.73. The summed E-state index contributed by atoms with van der Waals surface area (Å²) in [4.78, 5) is 25.1. The van der Waals surface area contributed by atoms with Crippen LogP contribution in [-0.4, -0.2) is 33.7 Å². The van der Waals surface area contributed by atoms with E-state index in [1.807, 2.05) is 25.1 Å². The number of amides is 1. The van der Waals surface area contributed by atoms with Gasteiger partial charge in [0.25, 0.3) is 11.6 Å². The van der Waals surface area contributed by atoms with Crippen LogP contribution < -0.4 is 9.47 Å². The lowest BCUT2D eigenvalue weighted by Gasteiger charge is -2.12. The largest absolute Gasteiger partial charge is 0.496 e. The molecule has 9 heteroatoms. The minimum absolute atomic E-state index is 0.0475. The molecule has 2 aromatic carbocycles. The molecule has 0 aliphatic carbocycles. The first-order valence-electron chi connectivity index (χ1n) is 9.14. The molecule has 1 aliphatic heterocycles. The highest BCUT2D eigenvalue weighted by Crippen LogP contribution is 2.33. The third kappa shape index (κ3) is 4.63. The summed E-state index contributed by atoms with van der Waals surface area (Å²) in [6.07, 6.45) is 1.80. The van der Waals surface area contributed by atoms with E-state index in [2.05, 4.69) is 0 Å². The second-order valence-corrected chi connectivity index (χ2v) is 8.17. The number of nitrogens with zero attached hydrogens (tertiary/aromatic N) is 2. The van der Waals surface area contributed by atoms with Gasteiger partial charge in [-0.2, -0.15) is 0 Å². The predicted octanol–water partition coefficient (Wildman–Crippen LogP) is 4.71. The number of thiocarbonyl (C=S) groups is 1. The normalized spacial score (nSPS) is 15.0. The molecule has 0 radical (unpaired) electrons. The molecule has 0 aromatic heterocycles. The molecule has 1 amide bonds. The smallest absolute Gasteiger partial charge is 0.272 e. The summed E-state index contributed by atoms with van der Waals surface area (Å²) in [6.45, 7) is 4.30. The van der Waals surface area contributed by atoms with Crippen LogP contribution in [0, 0.1) is 17.0 Å². The maximum atomic E-state index is 12.4. The van der Waals surface area contributed by atoms with Crippen LogP contribution in [0.2, 0.25) is 0 Å². The standard InChI is InChI=1S/C21H20N2O5S2/c1-4-22-20(24)19(30-21(22)29)11-14-5-8-18(27-3)15(10-14)12-28-16-6-7-17(23(25)26)13(2)9-16/h5-11H,4,12H2,1-3H3. The number of aryl methyl sites for hydroxylation is 1. The van der Waals surface area contributed by atoms with E-state index in [4.69, 9.17) is 21.7 Å². The number of carbonyl (C=O) groups is 1. The molecule has 3 rings (SSSR count). The molecule has 1 saturated heterocycles. The van der Waals surface area contributed by atoms with Gasteiger partial charge in [0.15, 0.2) is 0 Å². The molecule has 1 heterocycles. The second-order valence-electron chi connectivity index (χ2n) is 6.49. The first kappa shape index (κ1) is 21.8. The zero-order valence-electron chi connectivity index (χ0n) is 16.7. The highest BCUT2D eigenvalue weighted by molar-refractivity contribution is 8.26. The van der Waals surface area contributed by atoms with E-state index >= 15 is 0 Å². The fourth-order valence-corrected chi connectivity index (χ4v) is 4.39. The van der Waals surface area contributed by atoms with Crippen LogP contribution in [-0.2, 0) is 11.4 Å². The van der Waals surface area contributed by atoms with Crippen molar-refractivity contribution in [2.75, 3.05) is 13.7 Å². The molecule has 0 saturated carbocycles. The Morgan fingerprint density at radius 3 is 2.63 bits per heavy atom. The Morgan fingerprint density at radius 2 is 2.03 bits per heavy atom. The van der Waals surface area contributed by atoms with Gasteiger partial charge in [-0.25, -0.2) is 0 Å². The molecule has 7 nitrogen and oxygen atoms in total. The topological polar surface area (TPSA) is 81.9 Å². The van der Waals surface area contributed by atoms with E-state index in [1.54, 1.807) is 37.1 Å². The molecular weight excluding hydrogens is 424 g/mol. The monoisotopic (exact) mass is 444 g/mol. The molecule has 0 unspecified atom stereocenters. The number of hydrogen-bond acceptors (Lipinski definition) is 7. The summed E-state index contributed by atoms with van der Waals surface area (Å²) in [5.41, 5.74) is 2.18. The molecule has 30 heavy (non-hydrogen) atoms. The number of ether oxygens (including phenoxy) is 2. The van der Waals surface area contributed by atoms with Gasteiger partial charge in [-0.1, -0.05) is 30.0 Å². The van der Waals surface area contributed by atoms with Crippen LogP contribution in [0.5, 0.6) is 11.5 Å². The second kappa shape index (κ2) is 9.27. The minimum Gasteiger partial charge on any atom is -0.496 e. The number of likely N-dealkylation sites (N-methyl/N-ethyl adjacent to an activating group) is 1. The Balaban J connectivity index is 1.81. The van der Waals surface area contributed by atoms with E-state index in [0.717, 1.165) is 11.1 Å². The number of hydrogen-bond donors (Lipinski definition) is 0. The van der Waals surface area contributed by atoms with Crippen LogP contribution in [0.15, 0.2) is 41.3 Å². The van der Waals surface area contributed by atoms with Gasteiger partial charge >= 0.3 is 0 Å². The van der Waals surface area contributed by atoms with Gasteiger partial charge in [-0.15, -0.1) is 0 Å². The van der Waals surface area contributed by atoms with Crippen molar-refractivity contribution in [1.29, 1.82) is 0 Å². The van der Waals surface area contributed by atoms with Gasteiger partial charge in [0.1, 0.15) is 22.4 Å². The highest BCUT2D eigenvalue weighted by Gasteiger charge is 2.30. The molecule has 2 aromatic rings. The molecule has 1 aliphatic rings. The molecule has 0 bridgehead atoms. The van der Waals surface area contributed by atoms with Crippen LogP contribution in [0.3, 0.4) is 0 Å². The van der Waals surface area contributed by atoms with E-state index in [1.165, 1.54) is 17.8 Å². The van der Waals surface area contributed by atoms with Gasteiger partial charge in [0.2, 0.25) is 0 Å². The van der Waals surface area contributed by atoms with Crippen molar-refractivity contribution >= 4 is 46.0 Å². The first-order valence-corrected chi connectivity index (χ1v) is 10.4. The van der Waals surface area contributed by atoms with Crippen molar-refractivity contribution in [3.05, 3.63) is 68.1 Å². The SMILES string of the molecule is CCN1C(=O)C(=Cc2ccc(OC)c(COc3ccc([N+](=O)[O-])c(C)c3)c2)SC1=S. The van der Waals surface area contributed by atoms with Gasteiger partial charge in [0.05, 0.1) is 16.9 Å². The maximum absolute atomic E-state index is 12.4. The van der Waals surface area contributed by atoms with Gasteiger partial charge < -0.3 is 9.47 Å². The van der Waals surface area contributed by atoms with E-state index in [0.29, 0.717) is 32.8 Å². The molecule has 0 N–H and O–H groups in total. The van der Waals surface area contributed by atoms with Gasteiger partial charge in [-0.05, 0) is 49.8 Å². The van der Waals surface area contributed by atoms with Crippen molar-refractivity contribution in [1.82, 2.24) is 4.90 Å². The number of carbonyl (C=O) groups excluding carboxylic acids is 1. The van der Waals surface area contributed by atoms with E-state index < -0.39 is 4.92 Å². The minimum atomic E-state index is -0.424. The zero-order valence-corrected chi connectivity index (χ0v) is 18.3. The molecule has 1 fully saturated rings. The van der Waals surface area contributed by atoms with Crippen molar-refractivity contribution in [2.45, 2.75) is 20.5 Å². The molecule has 0 atom stereocenters. The van der Waals surface area contributed by atoms with Crippen molar-refractivity contribution in [2.24, 2.45) is 0 Å². The fraction of sp³-hybridized carbons (Fsp3) is 0.238.